The molecule has 26 nitrogen and oxygen atoms in total. The molecule has 0 unspecified atom stereocenters. The molecule has 17 N–H and O–H groups in total. The summed E-state index contributed by atoms with van der Waals surface area (Å²) in [6, 6.07) is 2.25. The van der Waals surface area contributed by atoms with Crippen molar-refractivity contribution in [3.8, 4) is 5.75 Å². The average Bonchev–Trinajstić information content (AvgIpc) is 3.32. The number of aliphatic hydroxyl groups is 4. The fourth-order valence-corrected chi connectivity index (χ4v) is 6.15. The quantitative estimate of drug-likeness (QED) is 0.0360. The number of amides is 9. The standard InChI is InChI=1S/C43H62N10O16/c1-4-22(2)35(41(66)51-31(21-56)43(68)69)52-34(61)18-46-37(62)27(15-25-10-12-26(58)13-11-25)47-39(64)29(19-54)50-40(65)30(20-55)49-38(63)28(14-24-8-6-5-7-9-24)48-42(67)36(23(3)57)53-33(60)17-45-32(59)16-44/h5-13,22-23,27-31,35-36,54-58H,4,14-21,44H2,1-3H3,(H,45,59)(H,46,62)(H,47,64)(H,48,67)(H,49,63)(H,50,65)(H,51,66)(H,52,61)(H,53,60)(H,68,69)/t22-,23+,27-,28-,29-,30-,31-,35-,36-/m0/s1. The molecule has 2 rings (SSSR count). The fraction of sp³-hybridized carbons (Fsp3) is 0.488. The Labute approximate surface area is 395 Å². The van der Waals surface area contributed by atoms with Crippen LogP contribution in [0, 0.1) is 5.92 Å². The first kappa shape index (κ1) is 57.9. The Morgan fingerprint density at radius 1 is 0.522 bits per heavy atom. The molecule has 26 heteroatoms. The average molecular weight is 975 g/mol. The van der Waals surface area contributed by atoms with Gasteiger partial charge in [0.1, 0.15) is 48.0 Å². The Balaban J connectivity index is 2.26. The molecule has 0 aliphatic carbocycles. The molecule has 380 valence electrons. The van der Waals surface area contributed by atoms with Crippen LogP contribution in [-0.2, 0) is 60.8 Å². The minimum atomic E-state index is -1.84. The molecule has 0 bridgehead atoms. The van der Waals surface area contributed by atoms with Gasteiger partial charge in [0.05, 0.1) is 45.6 Å². The van der Waals surface area contributed by atoms with Gasteiger partial charge in [-0.25, -0.2) is 4.79 Å². The van der Waals surface area contributed by atoms with Crippen LogP contribution in [-0.4, -0.2) is 178 Å². The van der Waals surface area contributed by atoms with E-state index < -0.39 is 153 Å². The maximum absolute atomic E-state index is 13.7. The number of hydrogen-bond donors (Lipinski definition) is 16. The number of carbonyl (C=O) groups is 10. The third-order valence-electron chi connectivity index (χ3n) is 10.3. The van der Waals surface area contributed by atoms with E-state index in [1.54, 1.807) is 44.2 Å². The molecule has 0 aliphatic rings. The molecular weight excluding hydrogens is 913 g/mol. The van der Waals surface area contributed by atoms with Crippen molar-refractivity contribution in [1.29, 1.82) is 0 Å². The molecular formula is C43H62N10O16. The van der Waals surface area contributed by atoms with Gasteiger partial charge in [0.15, 0.2) is 0 Å². The number of hydrogen-bond acceptors (Lipinski definition) is 16. The number of carboxylic acid groups (broad SMARTS) is 1. The molecule has 2 aromatic carbocycles. The van der Waals surface area contributed by atoms with Gasteiger partial charge < -0.3 is 84.2 Å². The summed E-state index contributed by atoms with van der Waals surface area (Å²) in [6.45, 7) is -0.425. The lowest BCUT2D eigenvalue weighted by Crippen LogP contribution is -2.62. The van der Waals surface area contributed by atoms with Gasteiger partial charge in [0, 0.05) is 12.8 Å². The van der Waals surface area contributed by atoms with Crippen LogP contribution in [0.1, 0.15) is 38.3 Å². The summed E-state index contributed by atoms with van der Waals surface area (Å²) in [4.78, 5) is 129. The molecule has 2 aromatic rings. The van der Waals surface area contributed by atoms with E-state index in [1.165, 1.54) is 31.2 Å². The maximum Gasteiger partial charge on any atom is 0.328 e. The Kier molecular flexibility index (Phi) is 24.7. The van der Waals surface area contributed by atoms with Crippen molar-refractivity contribution in [1.82, 2.24) is 47.9 Å². The highest BCUT2D eigenvalue weighted by molar-refractivity contribution is 5.98. The second-order valence-electron chi connectivity index (χ2n) is 15.7. The number of carbonyl (C=O) groups excluding carboxylic acids is 9. The number of phenols is 1. The Bertz CT molecular complexity index is 2080. The lowest BCUT2D eigenvalue weighted by atomic mass is 9.98. The van der Waals surface area contributed by atoms with Crippen molar-refractivity contribution < 1.29 is 78.6 Å². The Morgan fingerprint density at radius 3 is 1.42 bits per heavy atom. The zero-order valence-corrected chi connectivity index (χ0v) is 38.1. The van der Waals surface area contributed by atoms with Crippen LogP contribution >= 0.6 is 0 Å². The Morgan fingerprint density at radius 2 is 0.942 bits per heavy atom. The first-order chi connectivity index (χ1) is 32.7. The monoisotopic (exact) mass is 974 g/mol. The van der Waals surface area contributed by atoms with E-state index in [2.05, 4.69) is 47.9 Å². The summed E-state index contributed by atoms with van der Waals surface area (Å²) in [5.74, 6) is -11.0. The fourth-order valence-electron chi connectivity index (χ4n) is 6.15. The summed E-state index contributed by atoms with van der Waals surface area (Å²) in [6.07, 6.45) is -1.68. The van der Waals surface area contributed by atoms with Crippen molar-refractivity contribution in [3.05, 3.63) is 65.7 Å². The highest BCUT2D eigenvalue weighted by Gasteiger charge is 2.34. The van der Waals surface area contributed by atoms with Crippen molar-refractivity contribution >= 4 is 59.1 Å². The van der Waals surface area contributed by atoms with Gasteiger partial charge in [-0.15, -0.1) is 0 Å². The minimum absolute atomic E-state index is 0.129. The third-order valence-corrected chi connectivity index (χ3v) is 10.3. The minimum Gasteiger partial charge on any atom is -0.508 e. The van der Waals surface area contributed by atoms with Gasteiger partial charge in [0.25, 0.3) is 0 Å². The highest BCUT2D eigenvalue weighted by atomic mass is 16.4. The van der Waals surface area contributed by atoms with Gasteiger partial charge >= 0.3 is 5.97 Å². The molecule has 0 aliphatic heterocycles. The van der Waals surface area contributed by atoms with Gasteiger partial charge in [0.2, 0.25) is 53.2 Å². The van der Waals surface area contributed by atoms with Crippen LogP contribution in [0.2, 0.25) is 0 Å². The van der Waals surface area contributed by atoms with Crippen molar-refractivity contribution in [2.75, 3.05) is 39.5 Å². The number of benzene rings is 2. The molecule has 0 saturated carbocycles. The summed E-state index contributed by atoms with van der Waals surface area (Å²) in [7, 11) is 0. The summed E-state index contributed by atoms with van der Waals surface area (Å²) in [5.41, 5.74) is 6.10. The van der Waals surface area contributed by atoms with Crippen LogP contribution in [0.5, 0.6) is 5.75 Å². The first-order valence-corrected chi connectivity index (χ1v) is 21.6. The second kappa shape index (κ2) is 29.5. The van der Waals surface area contributed by atoms with Crippen molar-refractivity contribution in [2.45, 2.75) is 88.4 Å². The predicted molar refractivity (Wildman–Crippen MR) is 241 cm³/mol. The zero-order chi connectivity index (χ0) is 51.8. The normalized spacial score (nSPS) is 14.8. The Hall–Kier alpha value is -7.26. The number of nitrogens with one attached hydrogen (secondary N) is 9. The van der Waals surface area contributed by atoms with Crippen LogP contribution in [0.4, 0.5) is 0 Å². The van der Waals surface area contributed by atoms with Gasteiger partial charge in [-0.1, -0.05) is 62.7 Å². The third kappa shape index (κ3) is 19.9. The van der Waals surface area contributed by atoms with Crippen LogP contribution in [0.15, 0.2) is 54.6 Å². The molecule has 0 spiro atoms. The van der Waals surface area contributed by atoms with E-state index in [9.17, 15) is 78.6 Å². The summed E-state index contributed by atoms with van der Waals surface area (Å²) < 4.78 is 0. The molecule has 0 saturated heterocycles. The highest BCUT2D eigenvalue weighted by Crippen LogP contribution is 2.13. The van der Waals surface area contributed by atoms with Gasteiger partial charge in [-0.3, -0.25) is 43.2 Å². The molecule has 9 atom stereocenters. The van der Waals surface area contributed by atoms with E-state index in [0.717, 1.165) is 0 Å². The first-order valence-electron chi connectivity index (χ1n) is 21.6. The molecule has 0 heterocycles. The number of carboxylic acids is 1. The number of aliphatic carboxylic acids is 1. The summed E-state index contributed by atoms with van der Waals surface area (Å²) >= 11 is 0. The number of nitrogens with two attached hydrogens (primary N) is 1. The largest absolute Gasteiger partial charge is 0.508 e. The number of aliphatic hydroxyl groups excluding tert-OH is 4. The van der Waals surface area contributed by atoms with Crippen LogP contribution in [0.25, 0.3) is 0 Å². The lowest BCUT2D eigenvalue weighted by Gasteiger charge is -2.27. The molecule has 9 amide bonds. The molecule has 0 radical (unpaired) electrons. The van der Waals surface area contributed by atoms with E-state index >= 15 is 0 Å². The summed E-state index contributed by atoms with van der Waals surface area (Å²) in [5, 5.41) is 79.5. The lowest BCUT2D eigenvalue weighted by molar-refractivity contribution is -0.143. The maximum atomic E-state index is 13.7. The van der Waals surface area contributed by atoms with E-state index in [1.807, 2.05) is 0 Å². The zero-order valence-electron chi connectivity index (χ0n) is 38.1. The van der Waals surface area contributed by atoms with Crippen LogP contribution in [0.3, 0.4) is 0 Å². The van der Waals surface area contributed by atoms with Crippen molar-refractivity contribution in [2.24, 2.45) is 11.7 Å². The van der Waals surface area contributed by atoms with Crippen LogP contribution < -0.4 is 53.6 Å². The topological polar surface area (TPSA) is 426 Å². The number of aromatic hydroxyl groups is 1. The number of phenolic OH excluding ortho intramolecular Hbond substituents is 1. The van der Waals surface area contributed by atoms with E-state index in [4.69, 9.17) is 5.73 Å². The molecule has 0 aromatic heterocycles. The molecule has 0 fully saturated rings. The van der Waals surface area contributed by atoms with Gasteiger partial charge in [-0.2, -0.15) is 0 Å². The smallest absolute Gasteiger partial charge is 0.328 e. The van der Waals surface area contributed by atoms with E-state index in [0.29, 0.717) is 17.5 Å². The van der Waals surface area contributed by atoms with Gasteiger partial charge in [-0.05, 0) is 36.1 Å². The number of rotatable bonds is 29. The van der Waals surface area contributed by atoms with E-state index in [-0.39, 0.29) is 18.6 Å². The second-order valence-corrected chi connectivity index (χ2v) is 15.7. The molecule has 69 heavy (non-hydrogen) atoms. The SMILES string of the molecule is CC[C@H](C)[C@H](NC(=O)CNC(=O)[C@H](Cc1ccc(O)cc1)NC(=O)[C@H](CO)NC(=O)[C@H](CO)NC(=O)[C@H](Cc1ccccc1)NC(=O)[C@@H](NC(=O)CNC(=O)CN)[C@@H](C)O)C(=O)N[C@@H](CO)C(=O)O. The van der Waals surface area contributed by atoms with Crippen molar-refractivity contribution in [3.63, 3.8) is 0 Å². The predicted octanol–water partition coefficient (Wildman–Crippen LogP) is -6.75.